The minimum atomic E-state index is -1.86. The Hall–Kier alpha value is -3.11. The second kappa shape index (κ2) is 13.9. The van der Waals surface area contributed by atoms with E-state index < -0.39 is 35.1 Å². The number of carbonyl (C=O) groups excluding carboxylic acids is 1. The Morgan fingerprint density at radius 2 is 1.79 bits per heavy atom. The van der Waals surface area contributed by atoms with Gasteiger partial charge in [-0.1, -0.05) is 11.6 Å². The number of hydrogen-bond donors (Lipinski definition) is 4. The van der Waals surface area contributed by atoms with Crippen LogP contribution in [0.2, 0.25) is 0 Å². The molecule has 10 heteroatoms. The van der Waals surface area contributed by atoms with Crippen molar-refractivity contribution in [2.75, 3.05) is 33.2 Å². The van der Waals surface area contributed by atoms with E-state index in [2.05, 4.69) is 10.6 Å². The summed E-state index contributed by atoms with van der Waals surface area (Å²) in [5.41, 5.74) is -1.61. The summed E-state index contributed by atoms with van der Waals surface area (Å²) in [6.45, 7) is 3.37. The van der Waals surface area contributed by atoms with Gasteiger partial charge in [-0.15, -0.1) is 0 Å². The zero-order valence-electron chi connectivity index (χ0n) is 24.4. The maximum atomic E-state index is 15.6. The normalized spacial score (nSPS) is 22.4. The van der Waals surface area contributed by atoms with E-state index in [1.807, 2.05) is 7.05 Å². The standard InChI is InChI=1S/C32H42F3N3O4/c1-20-6-11-27(34)25(15-20)29-26(16-24(33)17-28(29)35)32(42,12-4-13-37-31(40)41)23-5-3-14-38(19-23)30(39)22-9-7-21(8-10-22)18-36-2/h6,11,15-17,21-23,36-37,42H,3-5,7-10,12-14,18-19H2,1-2H3,(H,40,41). The van der Waals surface area contributed by atoms with Gasteiger partial charge in [-0.25, -0.2) is 18.0 Å². The monoisotopic (exact) mass is 589 g/mol. The molecule has 0 radical (unpaired) electrons. The molecule has 2 aliphatic rings. The predicted molar refractivity (Wildman–Crippen MR) is 154 cm³/mol. The van der Waals surface area contributed by atoms with Crippen molar-refractivity contribution < 1.29 is 33.0 Å². The lowest BCUT2D eigenvalue weighted by atomic mass is 9.71. The number of hydrogen-bond acceptors (Lipinski definition) is 4. The third-order valence-corrected chi connectivity index (χ3v) is 9.02. The Bertz CT molecular complexity index is 1270. The number of carboxylic acid groups (broad SMARTS) is 1. The van der Waals surface area contributed by atoms with E-state index in [1.165, 1.54) is 12.1 Å². The number of rotatable bonds is 10. The Labute approximate surface area is 245 Å². The van der Waals surface area contributed by atoms with Gasteiger partial charge in [0, 0.05) is 48.7 Å². The second-order valence-electron chi connectivity index (χ2n) is 12.0. The van der Waals surface area contributed by atoms with E-state index in [-0.39, 0.29) is 54.4 Å². The second-order valence-corrected chi connectivity index (χ2v) is 12.0. The molecule has 1 aliphatic carbocycles. The van der Waals surface area contributed by atoms with E-state index in [4.69, 9.17) is 5.11 Å². The molecule has 0 spiro atoms. The lowest BCUT2D eigenvalue weighted by molar-refractivity contribution is -0.142. The first-order valence-corrected chi connectivity index (χ1v) is 14.9. The number of amides is 2. The summed E-state index contributed by atoms with van der Waals surface area (Å²) in [4.78, 5) is 26.4. The highest BCUT2D eigenvalue weighted by Gasteiger charge is 2.44. The van der Waals surface area contributed by atoms with Crippen molar-refractivity contribution in [2.24, 2.45) is 17.8 Å². The number of nitrogens with zero attached hydrogens (tertiary/aromatic N) is 1. The number of carbonyl (C=O) groups is 2. The van der Waals surface area contributed by atoms with Crippen LogP contribution in [0.1, 0.15) is 62.5 Å². The molecule has 7 nitrogen and oxygen atoms in total. The Balaban J connectivity index is 1.69. The van der Waals surface area contributed by atoms with Crippen molar-refractivity contribution >= 4 is 12.0 Å². The minimum absolute atomic E-state index is 0.00873. The quantitative estimate of drug-likeness (QED) is 0.271. The van der Waals surface area contributed by atoms with E-state index in [9.17, 15) is 19.1 Å². The first-order chi connectivity index (χ1) is 20.0. The molecule has 4 rings (SSSR count). The molecule has 42 heavy (non-hydrogen) atoms. The van der Waals surface area contributed by atoms with Crippen LogP contribution < -0.4 is 10.6 Å². The number of halogens is 3. The summed E-state index contributed by atoms with van der Waals surface area (Å²) in [6, 6.07) is 5.94. The molecule has 2 aromatic rings. The number of likely N-dealkylation sites (tertiary alicyclic amines) is 1. The largest absolute Gasteiger partial charge is 0.465 e. The van der Waals surface area contributed by atoms with Crippen molar-refractivity contribution in [3.63, 3.8) is 0 Å². The molecule has 2 fully saturated rings. The van der Waals surface area contributed by atoms with E-state index >= 15 is 8.78 Å². The van der Waals surface area contributed by atoms with Crippen LogP contribution in [-0.2, 0) is 10.4 Å². The maximum absolute atomic E-state index is 15.6. The minimum Gasteiger partial charge on any atom is -0.465 e. The van der Waals surface area contributed by atoms with Crippen molar-refractivity contribution in [2.45, 2.75) is 63.9 Å². The average Bonchev–Trinajstić information content (AvgIpc) is 2.96. The number of aliphatic hydroxyl groups is 1. The van der Waals surface area contributed by atoms with Crippen molar-refractivity contribution in [3.05, 3.63) is 58.9 Å². The summed E-state index contributed by atoms with van der Waals surface area (Å²) >= 11 is 0. The van der Waals surface area contributed by atoms with Gasteiger partial charge in [0.05, 0.1) is 5.60 Å². The van der Waals surface area contributed by atoms with Gasteiger partial charge in [-0.05, 0) is 102 Å². The van der Waals surface area contributed by atoms with E-state index in [1.54, 1.807) is 17.9 Å². The molecular weight excluding hydrogens is 547 g/mol. The van der Waals surface area contributed by atoms with Gasteiger partial charge in [-0.3, -0.25) is 4.79 Å². The zero-order valence-corrected chi connectivity index (χ0v) is 24.4. The van der Waals surface area contributed by atoms with Crippen LogP contribution in [0.4, 0.5) is 18.0 Å². The van der Waals surface area contributed by atoms with E-state index in [0.717, 1.165) is 38.3 Å². The van der Waals surface area contributed by atoms with Crippen molar-refractivity contribution in [3.8, 4) is 11.1 Å². The predicted octanol–water partition coefficient (Wildman–Crippen LogP) is 5.58. The molecule has 2 aromatic carbocycles. The summed E-state index contributed by atoms with van der Waals surface area (Å²) in [6.07, 6.45) is 3.48. The SMILES string of the molecule is CNCC1CCC(C(=O)N2CCCC(C(O)(CCCNC(=O)O)c3cc(F)cc(F)c3-c3cc(C)ccc3F)C2)CC1. The third-order valence-electron chi connectivity index (χ3n) is 9.02. The van der Waals surface area contributed by atoms with Gasteiger partial charge in [0.25, 0.3) is 0 Å². The maximum Gasteiger partial charge on any atom is 0.404 e. The van der Waals surface area contributed by atoms with Crippen LogP contribution in [0, 0.1) is 42.1 Å². The number of aryl methyl sites for hydroxylation is 1. The van der Waals surface area contributed by atoms with Crippen LogP contribution in [-0.4, -0.2) is 60.3 Å². The van der Waals surface area contributed by atoms with Gasteiger partial charge in [-0.2, -0.15) is 0 Å². The summed E-state index contributed by atoms with van der Waals surface area (Å²) < 4.78 is 45.5. The Kier molecular flexibility index (Phi) is 10.5. The van der Waals surface area contributed by atoms with Crippen LogP contribution in [0.3, 0.4) is 0 Å². The van der Waals surface area contributed by atoms with Crippen LogP contribution >= 0.6 is 0 Å². The molecule has 1 saturated heterocycles. The van der Waals surface area contributed by atoms with Gasteiger partial charge in [0.2, 0.25) is 5.91 Å². The molecule has 230 valence electrons. The fourth-order valence-electron chi connectivity index (χ4n) is 6.86. The highest BCUT2D eigenvalue weighted by molar-refractivity contribution is 5.79. The first-order valence-electron chi connectivity index (χ1n) is 14.9. The molecule has 1 aliphatic heterocycles. The zero-order chi connectivity index (χ0) is 30.4. The van der Waals surface area contributed by atoms with E-state index in [0.29, 0.717) is 36.9 Å². The molecule has 0 aromatic heterocycles. The number of benzene rings is 2. The Morgan fingerprint density at radius 3 is 2.48 bits per heavy atom. The fourth-order valence-corrected chi connectivity index (χ4v) is 6.86. The third kappa shape index (κ3) is 7.26. The van der Waals surface area contributed by atoms with Gasteiger partial charge in [0.1, 0.15) is 17.5 Å². The van der Waals surface area contributed by atoms with Gasteiger partial charge >= 0.3 is 6.09 Å². The molecule has 1 heterocycles. The van der Waals surface area contributed by atoms with Gasteiger partial charge in [0.15, 0.2) is 0 Å². The molecule has 2 amide bonds. The molecule has 0 bridgehead atoms. The molecule has 4 N–H and O–H groups in total. The number of nitrogens with one attached hydrogen (secondary N) is 2. The van der Waals surface area contributed by atoms with Crippen LogP contribution in [0.5, 0.6) is 0 Å². The lowest BCUT2D eigenvalue weighted by Crippen LogP contribution is -2.50. The van der Waals surface area contributed by atoms with Crippen LogP contribution in [0.25, 0.3) is 11.1 Å². The van der Waals surface area contributed by atoms with Gasteiger partial charge < -0.3 is 25.7 Å². The highest BCUT2D eigenvalue weighted by atomic mass is 19.1. The number of piperidine rings is 1. The summed E-state index contributed by atoms with van der Waals surface area (Å²) in [7, 11) is 1.92. The topological polar surface area (TPSA) is 102 Å². The molecule has 1 saturated carbocycles. The van der Waals surface area contributed by atoms with Crippen molar-refractivity contribution in [1.29, 1.82) is 0 Å². The molecule has 2 atom stereocenters. The molecule has 2 unspecified atom stereocenters. The fraction of sp³-hybridized carbons (Fsp3) is 0.562. The smallest absolute Gasteiger partial charge is 0.404 e. The Morgan fingerprint density at radius 1 is 1.05 bits per heavy atom. The van der Waals surface area contributed by atoms with Crippen LogP contribution in [0.15, 0.2) is 30.3 Å². The highest BCUT2D eigenvalue weighted by Crippen LogP contribution is 2.45. The molecular formula is C32H42F3N3O4. The average molecular weight is 590 g/mol. The van der Waals surface area contributed by atoms with Crippen molar-refractivity contribution in [1.82, 2.24) is 15.5 Å². The first kappa shape index (κ1) is 31.8. The summed E-state index contributed by atoms with van der Waals surface area (Å²) in [5, 5.41) is 27.0. The lowest BCUT2D eigenvalue weighted by Gasteiger charge is -2.44. The summed E-state index contributed by atoms with van der Waals surface area (Å²) in [5.74, 6) is -2.76.